The lowest BCUT2D eigenvalue weighted by molar-refractivity contribution is 0.0555. The van der Waals surface area contributed by atoms with Crippen LogP contribution in [-0.4, -0.2) is 24.4 Å². The van der Waals surface area contributed by atoms with E-state index >= 15 is 0 Å². The molecule has 70 valence electrons. The summed E-state index contributed by atoms with van der Waals surface area (Å²) >= 11 is 4.85. The highest BCUT2D eigenvalue weighted by atomic mass is 32.1. The van der Waals surface area contributed by atoms with Crippen molar-refractivity contribution in [2.24, 2.45) is 0 Å². The lowest BCUT2D eigenvalue weighted by Crippen LogP contribution is -2.39. The van der Waals surface area contributed by atoms with E-state index in [-0.39, 0.29) is 0 Å². The first-order valence-electron chi connectivity index (χ1n) is 4.31. The molecule has 2 N–H and O–H groups in total. The van der Waals surface area contributed by atoms with Crippen molar-refractivity contribution in [3.63, 3.8) is 0 Å². The molecule has 2 nitrogen and oxygen atoms in total. The van der Waals surface area contributed by atoms with Gasteiger partial charge in [0.2, 0.25) is 0 Å². The van der Waals surface area contributed by atoms with Crippen LogP contribution in [0.2, 0.25) is 0 Å². The Labute approximate surface area is 77.9 Å². The molecule has 1 rings (SSSR count). The summed E-state index contributed by atoms with van der Waals surface area (Å²) in [7, 11) is 1.75. The normalized spacial score (nSPS) is 19.5. The van der Waals surface area contributed by atoms with Gasteiger partial charge in [0, 0.05) is 13.6 Å². The zero-order chi connectivity index (χ0) is 9.03. The zero-order valence-corrected chi connectivity index (χ0v) is 8.14. The summed E-state index contributed by atoms with van der Waals surface area (Å²) in [6.45, 7) is 0.635. The molecule has 1 saturated carbocycles. The highest BCUT2D eigenvalue weighted by Gasteiger charge is 2.36. The average Bonchev–Trinajstić information content (AvgIpc) is 2.01. The molecule has 0 aromatic rings. The Hall–Kier alpha value is -0.380. The molecular formula is C8H15FN2S. The molecule has 0 aromatic heterocycles. The number of rotatable bonds is 3. The van der Waals surface area contributed by atoms with Crippen LogP contribution in [0.5, 0.6) is 0 Å². The summed E-state index contributed by atoms with van der Waals surface area (Å²) in [5, 5.41) is 6.32. The Morgan fingerprint density at radius 1 is 1.58 bits per heavy atom. The average molecular weight is 190 g/mol. The molecule has 1 fully saturated rings. The molecule has 0 bridgehead atoms. The van der Waals surface area contributed by atoms with Gasteiger partial charge < -0.3 is 10.6 Å². The van der Waals surface area contributed by atoms with E-state index in [0.717, 1.165) is 19.3 Å². The van der Waals surface area contributed by atoms with E-state index in [4.69, 9.17) is 12.2 Å². The predicted octanol–water partition coefficient (Wildman–Crippen LogP) is 1.36. The first-order chi connectivity index (χ1) is 5.66. The van der Waals surface area contributed by atoms with Crippen molar-refractivity contribution in [1.29, 1.82) is 0 Å². The van der Waals surface area contributed by atoms with E-state index in [1.807, 2.05) is 0 Å². The van der Waals surface area contributed by atoms with E-state index in [1.54, 1.807) is 7.05 Å². The highest BCUT2D eigenvalue weighted by molar-refractivity contribution is 7.80. The molecule has 0 unspecified atom stereocenters. The minimum atomic E-state index is -0.893. The second-order valence-electron chi connectivity index (χ2n) is 3.26. The quantitative estimate of drug-likeness (QED) is 0.657. The van der Waals surface area contributed by atoms with Gasteiger partial charge in [-0.25, -0.2) is 4.39 Å². The fourth-order valence-electron chi connectivity index (χ4n) is 1.30. The van der Waals surface area contributed by atoms with Crippen LogP contribution in [0.25, 0.3) is 0 Å². The maximum absolute atomic E-state index is 13.4. The van der Waals surface area contributed by atoms with E-state index in [2.05, 4.69) is 10.6 Å². The Morgan fingerprint density at radius 3 is 2.67 bits per heavy atom. The molecular weight excluding hydrogens is 175 g/mol. The van der Waals surface area contributed by atoms with Crippen LogP contribution < -0.4 is 10.6 Å². The van der Waals surface area contributed by atoms with Crippen molar-refractivity contribution in [1.82, 2.24) is 10.6 Å². The van der Waals surface area contributed by atoms with Gasteiger partial charge in [-0.3, -0.25) is 0 Å². The Kier molecular flexibility index (Phi) is 3.26. The van der Waals surface area contributed by atoms with Gasteiger partial charge in [-0.2, -0.15) is 0 Å². The predicted molar refractivity (Wildman–Crippen MR) is 52.0 cm³/mol. The molecule has 0 heterocycles. The fraction of sp³-hybridized carbons (Fsp3) is 0.875. The second kappa shape index (κ2) is 4.03. The van der Waals surface area contributed by atoms with Gasteiger partial charge in [-0.15, -0.1) is 0 Å². The van der Waals surface area contributed by atoms with Gasteiger partial charge in [-0.1, -0.05) is 0 Å². The van der Waals surface area contributed by atoms with Crippen LogP contribution in [0, 0.1) is 0 Å². The summed E-state index contributed by atoms with van der Waals surface area (Å²) in [4.78, 5) is 0. The van der Waals surface area contributed by atoms with Gasteiger partial charge in [0.25, 0.3) is 0 Å². The Balaban J connectivity index is 2.05. The van der Waals surface area contributed by atoms with Gasteiger partial charge in [0.15, 0.2) is 5.11 Å². The number of hydrogen-bond acceptors (Lipinski definition) is 1. The largest absolute Gasteiger partial charge is 0.366 e. The molecule has 1 aliphatic carbocycles. The molecule has 0 atom stereocenters. The lowest BCUT2D eigenvalue weighted by atomic mass is 9.80. The third-order valence-corrected chi connectivity index (χ3v) is 2.68. The third-order valence-electron chi connectivity index (χ3n) is 2.34. The lowest BCUT2D eigenvalue weighted by Gasteiger charge is -2.33. The molecule has 0 amide bonds. The Morgan fingerprint density at radius 2 is 2.25 bits per heavy atom. The standard InChI is InChI=1S/C8H15FN2S/c1-10-7(12)11-6-5-8(9)3-2-4-8/h2-6H2,1H3,(H2,10,11,12). The maximum Gasteiger partial charge on any atom is 0.166 e. The number of halogens is 1. The van der Waals surface area contributed by atoms with E-state index in [0.29, 0.717) is 18.1 Å². The Bertz CT molecular complexity index is 168. The molecule has 1 aliphatic rings. The maximum atomic E-state index is 13.4. The van der Waals surface area contributed by atoms with Gasteiger partial charge in [0.05, 0.1) is 0 Å². The van der Waals surface area contributed by atoms with Gasteiger partial charge in [-0.05, 0) is 37.9 Å². The summed E-state index contributed by atoms with van der Waals surface area (Å²) in [5.41, 5.74) is -0.893. The van der Waals surface area contributed by atoms with Crippen molar-refractivity contribution in [2.45, 2.75) is 31.4 Å². The summed E-state index contributed by atoms with van der Waals surface area (Å²) in [6.07, 6.45) is 3.06. The van der Waals surface area contributed by atoms with Gasteiger partial charge in [0.1, 0.15) is 5.67 Å². The molecule has 12 heavy (non-hydrogen) atoms. The zero-order valence-electron chi connectivity index (χ0n) is 7.32. The first kappa shape index (κ1) is 9.71. The monoisotopic (exact) mass is 190 g/mol. The van der Waals surface area contributed by atoms with Crippen LogP contribution in [0.1, 0.15) is 25.7 Å². The van der Waals surface area contributed by atoms with Crippen LogP contribution >= 0.6 is 12.2 Å². The van der Waals surface area contributed by atoms with Crippen molar-refractivity contribution in [3.8, 4) is 0 Å². The van der Waals surface area contributed by atoms with E-state index in [1.165, 1.54) is 0 Å². The minimum absolute atomic E-state index is 0.578. The van der Waals surface area contributed by atoms with Crippen molar-refractivity contribution in [2.75, 3.05) is 13.6 Å². The summed E-state index contributed by atoms with van der Waals surface area (Å²) in [6, 6.07) is 0. The van der Waals surface area contributed by atoms with Crippen LogP contribution in [0.15, 0.2) is 0 Å². The van der Waals surface area contributed by atoms with Crippen LogP contribution in [0.4, 0.5) is 4.39 Å². The van der Waals surface area contributed by atoms with E-state index < -0.39 is 5.67 Å². The smallest absolute Gasteiger partial charge is 0.166 e. The molecule has 0 radical (unpaired) electrons. The molecule has 0 aromatic carbocycles. The topological polar surface area (TPSA) is 24.1 Å². The van der Waals surface area contributed by atoms with Crippen molar-refractivity contribution >= 4 is 17.3 Å². The number of thiocarbonyl (C=S) groups is 1. The minimum Gasteiger partial charge on any atom is -0.366 e. The molecule has 0 spiro atoms. The van der Waals surface area contributed by atoms with E-state index in [9.17, 15) is 4.39 Å². The number of hydrogen-bond donors (Lipinski definition) is 2. The second-order valence-corrected chi connectivity index (χ2v) is 3.67. The number of nitrogens with one attached hydrogen (secondary N) is 2. The SMILES string of the molecule is CNC(=S)NCCC1(F)CCC1. The third kappa shape index (κ3) is 2.59. The summed E-state index contributed by atoms with van der Waals surface area (Å²) < 4.78 is 13.4. The summed E-state index contributed by atoms with van der Waals surface area (Å²) in [5.74, 6) is 0. The van der Waals surface area contributed by atoms with Crippen molar-refractivity contribution < 1.29 is 4.39 Å². The van der Waals surface area contributed by atoms with Gasteiger partial charge >= 0.3 is 0 Å². The van der Waals surface area contributed by atoms with Crippen LogP contribution in [0.3, 0.4) is 0 Å². The molecule has 4 heteroatoms. The molecule has 0 aliphatic heterocycles. The highest BCUT2D eigenvalue weighted by Crippen LogP contribution is 2.38. The number of alkyl halides is 1. The van der Waals surface area contributed by atoms with Crippen LogP contribution in [-0.2, 0) is 0 Å². The fourth-order valence-corrected chi connectivity index (χ4v) is 1.40. The van der Waals surface area contributed by atoms with Crippen molar-refractivity contribution in [3.05, 3.63) is 0 Å². The first-order valence-corrected chi connectivity index (χ1v) is 4.72. The molecule has 0 saturated heterocycles.